The van der Waals surface area contributed by atoms with Crippen molar-refractivity contribution in [3.8, 4) is 0 Å². The van der Waals surface area contributed by atoms with Crippen molar-refractivity contribution in [2.24, 2.45) is 5.41 Å². The first-order chi connectivity index (χ1) is 6.77. The van der Waals surface area contributed by atoms with Crippen LogP contribution in [0.4, 0.5) is 0 Å². The highest BCUT2D eigenvalue weighted by molar-refractivity contribution is 7.91. The molecule has 2 N–H and O–H groups in total. The minimum absolute atomic E-state index is 0.0539. The third-order valence-corrected chi connectivity index (χ3v) is 4.45. The van der Waals surface area contributed by atoms with E-state index in [-0.39, 0.29) is 18.6 Å². The van der Waals surface area contributed by atoms with Crippen molar-refractivity contribution in [3.05, 3.63) is 0 Å². The molecule has 0 amide bonds. The van der Waals surface area contributed by atoms with Crippen molar-refractivity contribution in [3.63, 3.8) is 0 Å². The van der Waals surface area contributed by atoms with E-state index in [1.54, 1.807) is 0 Å². The van der Waals surface area contributed by atoms with E-state index in [0.717, 1.165) is 0 Å². The van der Waals surface area contributed by atoms with Gasteiger partial charge in [0, 0.05) is 0 Å². The molecule has 1 aliphatic rings. The third-order valence-electron chi connectivity index (χ3n) is 2.55. The molecule has 0 aromatic carbocycles. The highest BCUT2D eigenvalue weighted by Gasteiger charge is 2.46. The highest BCUT2D eigenvalue weighted by atomic mass is 32.2. The van der Waals surface area contributed by atoms with Crippen molar-refractivity contribution >= 4 is 21.8 Å². The molecule has 0 radical (unpaired) electrons. The summed E-state index contributed by atoms with van der Waals surface area (Å²) in [5.74, 6) is -3.24. The van der Waals surface area contributed by atoms with Crippen molar-refractivity contribution in [2.75, 3.05) is 11.5 Å². The fourth-order valence-corrected chi connectivity index (χ4v) is 3.81. The lowest BCUT2D eigenvalue weighted by atomic mass is 9.82. The van der Waals surface area contributed by atoms with Gasteiger partial charge >= 0.3 is 11.9 Å². The van der Waals surface area contributed by atoms with Gasteiger partial charge in [0.05, 0.1) is 23.3 Å². The molecule has 1 aliphatic heterocycles. The fourth-order valence-electron chi connectivity index (χ4n) is 1.87. The summed E-state index contributed by atoms with van der Waals surface area (Å²) in [6.45, 7) is 0. The maximum Gasteiger partial charge on any atom is 0.311 e. The van der Waals surface area contributed by atoms with Gasteiger partial charge in [0.1, 0.15) is 0 Å². The van der Waals surface area contributed by atoms with E-state index < -0.39 is 39.4 Å². The normalized spacial score (nSPS) is 29.6. The number of carbonyl (C=O) groups is 2. The summed E-state index contributed by atoms with van der Waals surface area (Å²) < 4.78 is 22.6. The second-order valence-electron chi connectivity index (χ2n) is 3.85. The zero-order valence-electron chi connectivity index (χ0n) is 7.97. The molecule has 0 aliphatic carbocycles. The average molecular weight is 236 g/mol. The predicted molar refractivity (Wildman–Crippen MR) is 50.2 cm³/mol. The number of carboxylic acid groups (broad SMARTS) is 2. The van der Waals surface area contributed by atoms with E-state index in [1.807, 2.05) is 0 Å². The summed E-state index contributed by atoms with van der Waals surface area (Å²) in [5, 5.41) is 17.5. The van der Waals surface area contributed by atoms with E-state index in [4.69, 9.17) is 10.2 Å². The molecule has 0 aromatic heterocycles. The van der Waals surface area contributed by atoms with E-state index in [2.05, 4.69) is 0 Å². The molecule has 0 spiro atoms. The van der Waals surface area contributed by atoms with E-state index in [9.17, 15) is 18.0 Å². The standard InChI is InChI=1S/C8H12O6S/c9-6(10)4-8(7(11)12)2-1-3-15(13,14)5-8/h1-5H2,(H,9,10)(H,11,12). The summed E-state index contributed by atoms with van der Waals surface area (Å²) in [4.78, 5) is 21.5. The van der Waals surface area contributed by atoms with Crippen LogP contribution in [0.5, 0.6) is 0 Å². The highest BCUT2D eigenvalue weighted by Crippen LogP contribution is 2.35. The van der Waals surface area contributed by atoms with Gasteiger partial charge in [0.25, 0.3) is 0 Å². The minimum atomic E-state index is -3.43. The smallest absolute Gasteiger partial charge is 0.311 e. The van der Waals surface area contributed by atoms with Crippen LogP contribution in [0.2, 0.25) is 0 Å². The molecule has 86 valence electrons. The zero-order valence-corrected chi connectivity index (χ0v) is 8.79. The van der Waals surface area contributed by atoms with Gasteiger partial charge in [-0.15, -0.1) is 0 Å². The molecule has 15 heavy (non-hydrogen) atoms. The maximum atomic E-state index is 11.3. The number of hydrogen-bond acceptors (Lipinski definition) is 4. The number of aliphatic carboxylic acids is 2. The molecule has 1 unspecified atom stereocenters. The Labute approximate surface area is 86.8 Å². The van der Waals surface area contributed by atoms with Crippen molar-refractivity contribution in [1.29, 1.82) is 0 Å². The Morgan fingerprint density at radius 1 is 1.27 bits per heavy atom. The molecule has 0 saturated carbocycles. The lowest BCUT2D eigenvalue weighted by Gasteiger charge is -2.31. The molecule has 0 bridgehead atoms. The topological polar surface area (TPSA) is 109 Å². The Morgan fingerprint density at radius 3 is 2.27 bits per heavy atom. The summed E-state index contributed by atoms with van der Waals surface area (Å²) in [7, 11) is -3.43. The lowest BCUT2D eigenvalue weighted by Crippen LogP contribution is -2.44. The van der Waals surface area contributed by atoms with Gasteiger partial charge in [0.2, 0.25) is 0 Å². The summed E-state index contributed by atoms with van der Waals surface area (Å²) in [5.41, 5.74) is -1.64. The Balaban J connectivity index is 3.01. The first kappa shape index (κ1) is 12.0. The minimum Gasteiger partial charge on any atom is -0.481 e. The first-order valence-electron chi connectivity index (χ1n) is 4.43. The van der Waals surface area contributed by atoms with E-state index >= 15 is 0 Å². The molecule has 7 heteroatoms. The average Bonchev–Trinajstić information content (AvgIpc) is 1.99. The van der Waals surface area contributed by atoms with Crippen molar-refractivity contribution in [1.82, 2.24) is 0 Å². The Bertz CT molecular complexity index is 384. The van der Waals surface area contributed by atoms with Crippen LogP contribution in [0.3, 0.4) is 0 Å². The Hall–Kier alpha value is -1.11. The first-order valence-corrected chi connectivity index (χ1v) is 6.25. The van der Waals surface area contributed by atoms with Gasteiger partial charge in [-0.25, -0.2) is 8.42 Å². The molecule has 0 aromatic rings. The van der Waals surface area contributed by atoms with Crippen molar-refractivity contribution < 1.29 is 28.2 Å². The second kappa shape index (κ2) is 3.80. The number of sulfone groups is 1. The summed E-state index contributed by atoms with van der Waals surface area (Å²) in [6.07, 6.45) is -0.322. The third kappa shape index (κ3) is 2.68. The van der Waals surface area contributed by atoms with Gasteiger partial charge in [-0.3, -0.25) is 9.59 Å². The molecular formula is C8H12O6S. The quantitative estimate of drug-likeness (QED) is 0.698. The maximum absolute atomic E-state index is 11.3. The fraction of sp³-hybridized carbons (Fsp3) is 0.750. The van der Waals surface area contributed by atoms with Crippen LogP contribution in [-0.2, 0) is 19.4 Å². The van der Waals surface area contributed by atoms with Crippen LogP contribution in [0, 0.1) is 5.41 Å². The largest absolute Gasteiger partial charge is 0.481 e. The van der Waals surface area contributed by atoms with Gasteiger partial charge in [-0.2, -0.15) is 0 Å². The number of hydrogen-bond donors (Lipinski definition) is 2. The van der Waals surface area contributed by atoms with Crippen molar-refractivity contribution in [2.45, 2.75) is 19.3 Å². The summed E-state index contributed by atoms with van der Waals surface area (Å²) >= 11 is 0. The lowest BCUT2D eigenvalue weighted by molar-refractivity contribution is -0.155. The van der Waals surface area contributed by atoms with Gasteiger partial charge in [-0.1, -0.05) is 0 Å². The zero-order chi connectivity index (χ0) is 11.7. The molecule has 1 fully saturated rings. The van der Waals surface area contributed by atoms with Crippen LogP contribution in [0.1, 0.15) is 19.3 Å². The molecule has 1 rings (SSSR count). The molecule has 1 atom stereocenters. The van der Waals surface area contributed by atoms with Crippen LogP contribution < -0.4 is 0 Å². The Morgan fingerprint density at radius 2 is 1.87 bits per heavy atom. The van der Waals surface area contributed by atoms with Crippen LogP contribution in [-0.4, -0.2) is 42.1 Å². The van der Waals surface area contributed by atoms with E-state index in [0.29, 0.717) is 0 Å². The second-order valence-corrected chi connectivity index (χ2v) is 6.04. The summed E-state index contributed by atoms with van der Waals surface area (Å²) in [6, 6.07) is 0. The van der Waals surface area contributed by atoms with E-state index in [1.165, 1.54) is 0 Å². The molecule has 1 heterocycles. The number of carboxylic acids is 2. The van der Waals surface area contributed by atoms with Crippen LogP contribution >= 0.6 is 0 Å². The SMILES string of the molecule is O=C(O)CC1(C(=O)O)CCCS(=O)(=O)C1. The predicted octanol–water partition coefficient (Wildman–Crippen LogP) is -0.259. The molecule has 6 nitrogen and oxygen atoms in total. The number of rotatable bonds is 3. The molecular weight excluding hydrogens is 224 g/mol. The van der Waals surface area contributed by atoms with Gasteiger partial charge in [0.15, 0.2) is 9.84 Å². The van der Waals surface area contributed by atoms with Gasteiger partial charge < -0.3 is 10.2 Å². The Kier molecular flexibility index (Phi) is 3.03. The van der Waals surface area contributed by atoms with Crippen LogP contribution in [0.25, 0.3) is 0 Å². The monoisotopic (exact) mass is 236 g/mol. The van der Waals surface area contributed by atoms with Gasteiger partial charge in [-0.05, 0) is 12.8 Å². The van der Waals surface area contributed by atoms with Crippen LogP contribution in [0.15, 0.2) is 0 Å². The molecule has 1 saturated heterocycles.